The van der Waals surface area contributed by atoms with E-state index in [1.807, 2.05) is 37.3 Å². The molecule has 4 rings (SSSR count). The Hall–Kier alpha value is -3.04. The Bertz CT molecular complexity index is 1130. The number of thioether (sulfide) groups is 1. The second-order valence-corrected chi connectivity index (χ2v) is 9.18. The second kappa shape index (κ2) is 9.40. The highest BCUT2D eigenvalue weighted by Crippen LogP contribution is 2.29. The molecule has 3 aromatic rings. The summed E-state index contributed by atoms with van der Waals surface area (Å²) in [4.78, 5) is 38.9. The molecule has 0 unspecified atom stereocenters. The zero-order valence-corrected chi connectivity index (χ0v) is 18.5. The second-order valence-electron chi connectivity index (χ2n) is 6.98. The first kappa shape index (κ1) is 21.2. The zero-order valence-electron chi connectivity index (χ0n) is 16.8. The number of carbonyl (C=O) groups is 3. The van der Waals surface area contributed by atoms with Crippen LogP contribution in [0.1, 0.15) is 56.4 Å². The Kier molecular flexibility index (Phi) is 6.43. The molecule has 0 fully saturated rings. The molecule has 0 bridgehead atoms. The van der Waals surface area contributed by atoms with Gasteiger partial charge in [-0.05, 0) is 30.2 Å². The Balaban J connectivity index is 1.41. The van der Waals surface area contributed by atoms with Gasteiger partial charge in [0.05, 0.1) is 11.1 Å². The van der Waals surface area contributed by atoms with Crippen molar-refractivity contribution in [1.82, 2.24) is 15.1 Å². The van der Waals surface area contributed by atoms with Crippen LogP contribution >= 0.6 is 23.1 Å². The summed E-state index contributed by atoms with van der Waals surface area (Å²) in [5.74, 6) is -0.284. The summed E-state index contributed by atoms with van der Waals surface area (Å²) < 4.78 is 0.750. The number of nitrogens with one attached hydrogen (secondary N) is 1. The van der Waals surface area contributed by atoms with E-state index in [-0.39, 0.29) is 17.4 Å². The van der Waals surface area contributed by atoms with Crippen molar-refractivity contribution in [2.24, 2.45) is 0 Å². The lowest BCUT2D eigenvalue weighted by molar-refractivity contribution is 0.0652. The molecular formula is C22H20N4O3S2. The quantitative estimate of drug-likeness (QED) is 0.308. The summed E-state index contributed by atoms with van der Waals surface area (Å²) in [5, 5.41) is 11.2. The van der Waals surface area contributed by atoms with Gasteiger partial charge in [0, 0.05) is 17.9 Å². The van der Waals surface area contributed by atoms with E-state index in [1.165, 1.54) is 33.9 Å². The van der Waals surface area contributed by atoms with E-state index >= 15 is 0 Å². The van der Waals surface area contributed by atoms with Gasteiger partial charge in [-0.25, -0.2) is 0 Å². The first-order chi connectivity index (χ1) is 15.1. The lowest BCUT2D eigenvalue weighted by atomic mass is 10.1. The number of hydrogen-bond acceptors (Lipinski definition) is 7. The number of amides is 3. The zero-order chi connectivity index (χ0) is 21.8. The number of rotatable bonds is 8. The van der Waals surface area contributed by atoms with Crippen molar-refractivity contribution >= 4 is 46.0 Å². The van der Waals surface area contributed by atoms with Crippen LogP contribution in [0.4, 0.5) is 5.13 Å². The van der Waals surface area contributed by atoms with E-state index in [2.05, 4.69) is 15.5 Å². The van der Waals surface area contributed by atoms with Crippen LogP contribution in [0, 0.1) is 0 Å². The van der Waals surface area contributed by atoms with Crippen molar-refractivity contribution in [2.75, 3.05) is 11.9 Å². The van der Waals surface area contributed by atoms with E-state index in [9.17, 15) is 14.4 Å². The minimum Gasteiger partial charge on any atom is -0.296 e. The lowest BCUT2D eigenvalue weighted by Crippen LogP contribution is -2.30. The Labute approximate surface area is 187 Å². The Morgan fingerprint density at radius 3 is 2.61 bits per heavy atom. The number of unbranched alkanes of at least 4 members (excludes halogenated alkanes) is 1. The fraction of sp³-hybridized carbons (Fsp3) is 0.227. The van der Waals surface area contributed by atoms with Crippen LogP contribution in [0.5, 0.6) is 0 Å². The Morgan fingerprint density at radius 2 is 1.84 bits per heavy atom. The molecular weight excluding hydrogens is 432 g/mol. The van der Waals surface area contributed by atoms with Crippen LogP contribution in [0.3, 0.4) is 0 Å². The molecule has 1 aromatic heterocycles. The first-order valence-corrected chi connectivity index (χ1v) is 11.7. The maximum atomic E-state index is 12.7. The molecule has 2 aromatic carbocycles. The molecule has 2 heterocycles. The van der Waals surface area contributed by atoms with Gasteiger partial charge in [-0.15, -0.1) is 10.2 Å². The molecule has 9 heteroatoms. The van der Waals surface area contributed by atoms with Crippen LogP contribution in [-0.4, -0.2) is 39.4 Å². The lowest BCUT2D eigenvalue weighted by Gasteiger charge is -2.12. The fourth-order valence-corrected chi connectivity index (χ4v) is 4.86. The van der Waals surface area contributed by atoms with E-state index in [0.29, 0.717) is 22.8 Å². The molecule has 0 atom stereocenters. The van der Waals surface area contributed by atoms with Crippen LogP contribution < -0.4 is 5.32 Å². The van der Waals surface area contributed by atoms with Crippen LogP contribution in [0.15, 0.2) is 52.9 Å². The van der Waals surface area contributed by atoms with Gasteiger partial charge in [-0.3, -0.25) is 24.6 Å². The smallest absolute Gasteiger partial charge is 0.261 e. The standard InChI is InChI=1S/C22H20N4O3S2/c1-2-3-11-26-19(28)16-10-9-15(12-17(16)20(26)29)18(27)23-21-24-25-22(31-21)30-13-14-7-5-4-6-8-14/h4-10,12H,2-3,11,13H2,1H3,(H,23,24,27). The summed E-state index contributed by atoms with van der Waals surface area (Å²) in [6, 6.07) is 14.6. The molecule has 0 radical (unpaired) electrons. The largest absolute Gasteiger partial charge is 0.296 e. The summed E-state index contributed by atoms with van der Waals surface area (Å²) in [6.45, 7) is 2.39. The normalized spacial score (nSPS) is 12.9. The molecule has 0 saturated heterocycles. The van der Waals surface area contributed by atoms with Gasteiger partial charge < -0.3 is 0 Å². The van der Waals surface area contributed by atoms with Crippen molar-refractivity contribution in [1.29, 1.82) is 0 Å². The first-order valence-electron chi connectivity index (χ1n) is 9.88. The number of aromatic nitrogens is 2. The Morgan fingerprint density at radius 1 is 1.06 bits per heavy atom. The number of benzene rings is 2. The van der Waals surface area contributed by atoms with Gasteiger partial charge in [-0.2, -0.15) is 0 Å². The maximum Gasteiger partial charge on any atom is 0.261 e. The van der Waals surface area contributed by atoms with Crippen LogP contribution in [0.2, 0.25) is 0 Å². The maximum absolute atomic E-state index is 12.7. The van der Waals surface area contributed by atoms with Crippen molar-refractivity contribution < 1.29 is 14.4 Å². The molecule has 0 saturated carbocycles. The monoisotopic (exact) mass is 452 g/mol. The molecule has 3 amide bonds. The number of anilines is 1. The molecule has 7 nitrogen and oxygen atoms in total. The van der Waals surface area contributed by atoms with Gasteiger partial charge in [-0.1, -0.05) is 66.8 Å². The third-order valence-electron chi connectivity index (χ3n) is 4.80. The molecule has 1 aliphatic heterocycles. The summed E-state index contributed by atoms with van der Waals surface area (Å²) in [5.41, 5.74) is 2.09. The third kappa shape index (κ3) is 4.67. The topological polar surface area (TPSA) is 92.3 Å². The predicted octanol–water partition coefficient (Wildman–Crippen LogP) is 4.48. The molecule has 0 aliphatic carbocycles. The van der Waals surface area contributed by atoms with Gasteiger partial charge in [0.1, 0.15) is 0 Å². The third-order valence-corrected chi connectivity index (χ3v) is 6.84. The van der Waals surface area contributed by atoms with Gasteiger partial charge in [0.25, 0.3) is 17.7 Å². The average molecular weight is 453 g/mol. The van der Waals surface area contributed by atoms with E-state index in [4.69, 9.17) is 0 Å². The molecule has 31 heavy (non-hydrogen) atoms. The number of fused-ring (bicyclic) bond motifs is 1. The van der Waals surface area contributed by atoms with Gasteiger partial charge in [0.2, 0.25) is 5.13 Å². The highest BCUT2D eigenvalue weighted by atomic mass is 32.2. The average Bonchev–Trinajstić information content (AvgIpc) is 3.33. The molecule has 158 valence electrons. The van der Waals surface area contributed by atoms with E-state index in [1.54, 1.807) is 17.8 Å². The van der Waals surface area contributed by atoms with Crippen LogP contribution in [-0.2, 0) is 5.75 Å². The van der Waals surface area contributed by atoms with E-state index < -0.39 is 5.91 Å². The molecule has 0 spiro atoms. The van der Waals surface area contributed by atoms with Crippen molar-refractivity contribution in [3.05, 3.63) is 70.8 Å². The minimum absolute atomic E-state index is 0.269. The van der Waals surface area contributed by atoms with Crippen molar-refractivity contribution in [3.63, 3.8) is 0 Å². The summed E-state index contributed by atoms with van der Waals surface area (Å²) >= 11 is 2.84. The fourth-order valence-electron chi connectivity index (χ4n) is 3.16. The highest BCUT2D eigenvalue weighted by molar-refractivity contribution is 8.00. The summed E-state index contributed by atoms with van der Waals surface area (Å²) in [6.07, 6.45) is 1.63. The number of carbonyl (C=O) groups excluding carboxylic acids is 3. The molecule has 1 aliphatic rings. The van der Waals surface area contributed by atoms with Crippen molar-refractivity contribution in [2.45, 2.75) is 29.9 Å². The van der Waals surface area contributed by atoms with Crippen LogP contribution in [0.25, 0.3) is 0 Å². The highest BCUT2D eigenvalue weighted by Gasteiger charge is 2.35. The number of hydrogen-bond donors (Lipinski definition) is 1. The van der Waals surface area contributed by atoms with Crippen molar-refractivity contribution in [3.8, 4) is 0 Å². The minimum atomic E-state index is -0.397. The van der Waals surface area contributed by atoms with Gasteiger partial charge >= 0.3 is 0 Å². The molecule has 1 N–H and O–H groups in total. The number of nitrogens with zero attached hydrogens (tertiary/aromatic N) is 3. The summed E-state index contributed by atoms with van der Waals surface area (Å²) in [7, 11) is 0. The van der Waals surface area contributed by atoms with E-state index in [0.717, 1.165) is 22.9 Å². The number of imide groups is 1. The predicted molar refractivity (Wildman–Crippen MR) is 121 cm³/mol. The van der Waals surface area contributed by atoms with Gasteiger partial charge in [0.15, 0.2) is 4.34 Å². The SMILES string of the molecule is CCCCN1C(=O)c2ccc(C(=O)Nc3nnc(SCc4ccccc4)s3)cc2C1=O.